The van der Waals surface area contributed by atoms with E-state index in [4.69, 9.17) is 14.2 Å². The van der Waals surface area contributed by atoms with Gasteiger partial charge >= 0.3 is 17.9 Å². The van der Waals surface area contributed by atoms with Crippen LogP contribution in [-0.4, -0.2) is 37.2 Å². The number of esters is 3. The Labute approximate surface area is 435 Å². The van der Waals surface area contributed by atoms with Gasteiger partial charge in [-0.05, 0) is 77.0 Å². The van der Waals surface area contributed by atoms with Crippen molar-refractivity contribution in [1.82, 2.24) is 0 Å². The van der Waals surface area contributed by atoms with E-state index in [0.717, 1.165) is 89.9 Å². The lowest BCUT2D eigenvalue weighted by Gasteiger charge is -2.18. The molecule has 0 aliphatic carbocycles. The Hall–Kier alpha value is -2.63. The minimum atomic E-state index is -0.780. The van der Waals surface area contributed by atoms with Crippen molar-refractivity contribution in [3.05, 3.63) is 48.6 Å². The molecule has 0 spiro atoms. The van der Waals surface area contributed by atoms with Gasteiger partial charge in [-0.3, -0.25) is 14.4 Å². The van der Waals surface area contributed by atoms with Crippen LogP contribution < -0.4 is 0 Å². The number of carbonyl (C=O) groups excluding carboxylic acids is 3. The van der Waals surface area contributed by atoms with Gasteiger partial charge < -0.3 is 14.2 Å². The average Bonchev–Trinajstić information content (AvgIpc) is 3.36. The fourth-order valence-electron chi connectivity index (χ4n) is 8.98. The van der Waals surface area contributed by atoms with Gasteiger partial charge in [0, 0.05) is 19.3 Å². The molecule has 0 radical (unpaired) electrons. The number of hydrogen-bond donors (Lipinski definition) is 0. The molecule has 0 heterocycles. The van der Waals surface area contributed by atoms with Crippen molar-refractivity contribution < 1.29 is 28.6 Å². The topological polar surface area (TPSA) is 78.9 Å². The molecule has 0 bridgehead atoms. The van der Waals surface area contributed by atoms with Crippen molar-refractivity contribution in [3.8, 4) is 0 Å². The van der Waals surface area contributed by atoms with Gasteiger partial charge in [0.15, 0.2) is 6.10 Å². The van der Waals surface area contributed by atoms with Crippen LogP contribution in [0.15, 0.2) is 48.6 Å². The molecule has 0 N–H and O–H groups in total. The Balaban J connectivity index is 4.29. The normalized spacial score (nSPS) is 12.3. The maximum absolute atomic E-state index is 12.9. The summed E-state index contributed by atoms with van der Waals surface area (Å²) in [7, 11) is 0. The fraction of sp³-hybridized carbons (Fsp3) is 0.828. The molecule has 0 aliphatic heterocycles. The third-order valence-electron chi connectivity index (χ3n) is 13.6. The Morgan fingerprint density at radius 2 is 0.557 bits per heavy atom. The molecule has 0 rings (SSSR count). The zero-order chi connectivity index (χ0) is 50.7. The molecular weight excluding hydrogens is 865 g/mol. The first kappa shape index (κ1) is 67.4. The van der Waals surface area contributed by atoms with Gasteiger partial charge in [0.25, 0.3) is 0 Å². The summed E-state index contributed by atoms with van der Waals surface area (Å²) in [5.74, 6) is -0.878. The third-order valence-corrected chi connectivity index (χ3v) is 13.6. The van der Waals surface area contributed by atoms with Crippen molar-refractivity contribution in [3.63, 3.8) is 0 Å². The molecule has 0 fully saturated rings. The number of carbonyl (C=O) groups is 3. The number of rotatable bonds is 56. The molecule has 0 aromatic heterocycles. The summed E-state index contributed by atoms with van der Waals surface area (Å²) >= 11 is 0. The van der Waals surface area contributed by atoms with E-state index in [1.807, 2.05) is 0 Å². The molecule has 1 atom stereocenters. The molecule has 0 aromatic rings. The van der Waals surface area contributed by atoms with E-state index in [0.29, 0.717) is 19.3 Å². The van der Waals surface area contributed by atoms with Crippen LogP contribution in [0.25, 0.3) is 0 Å². The standard InChI is InChI=1S/C64H116O6/c1-4-7-10-13-16-19-22-25-27-29-30-31-32-33-35-36-39-42-45-48-51-54-57-63(66)69-60-61(59-68-62(65)56-53-50-47-44-41-38-24-21-18-15-12-9-6-3)70-64(67)58-55-52-49-46-43-40-37-34-28-26-23-20-17-14-11-8-5-2/h8,11,17,20-21,24,26,28,61H,4-7,9-10,12-16,18-19,22-23,25,27,29-60H2,1-3H3/b11-8-,20-17-,24-21-,28-26-. The number of hydrogen-bond acceptors (Lipinski definition) is 6. The number of ether oxygens (including phenoxy) is 3. The minimum absolute atomic E-state index is 0.0765. The zero-order valence-corrected chi connectivity index (χ0v) is 46.8. The summed E-state index contributed by atoms with van der Waals surface area (Å²) in [6.07, 6.45) is 72.6. The molecular formula is C64H116O6. The van der Waals surface area contributed by atoms with Gasteiger partial charge in [-0.1, -0.05) is 275 Å². The van der Waals surface area contributed by atoms with Crippen LogP contribution in [0.4, 0.5) is 0 Å². The maximum atomic E-state index is 12.9. The largest absolute Gasteiger partial charge is 0.462 e. The van der Waals surface area contributed by atoms with Gasteiger partial charge in [0.05, 0.1) is 0 Å². The van der Waals surface area contributed by atoms with Crippen molar-refractivity contribution >= 4 is 17.9 Å². The van der Waals surface area contributed by atoms with Crippen molar-refractivity contribution in [2.75, 3.05) is 13.2 Å². The Morgan fingerprint density at radius 1 is 0.300 bits per heavy atom. The van der Waals surface area contributed by atoms with Crippen LogP contribution in [0.5, 0.6) is 0 Å². The predicted molar refractivity (Wildman–Crippen MR) is 302 cm³/mol. The lowest BCUT2D eigenvalue weighted by Crippen LogP contribution is -2.30. The van der Waals surface area contributed by atoms with Crippen LogP contribution in [0, 0.1) is 0 Å². The highest BCUT2D eigenvalue weighted by Crippen LogP contribution is 2.17. The first-order valence-corrected chi connectivity index (χ1v) is 30.6. The highest BCUT2D eigenvalue weighted by molar-refractivity contribution is 5.71. The van der Waals surface area contributed by atoms with Crippen LogP contribution in [0.3, 0.4) is 0 Å². The van der Waals surface area contributed by atoms with E-state index >= 15 is 0 Å². The lowest BCUT2D eigenvalue weighted by atomic mass is 10.0. The van der Waals surface area contributed by atoms with Gasteiger partial charge in [-0.2, -0.15) is 0 Å². The van der Waals surface area contributed by atoms with E-state index in [2.05, 4.69) is 69.4 Å². The molecule has 408 valence electrons. The SMILES string of the molecule is CC/C=C\C/C=C\C/C=C\CCCCCCCCCC(=O)OC(COC(=O)CCCCCCC/C=C\CCCCCC)COC(=O)CCCCCCCCCCCCCCCCCCCCCCCC. The van der Waals surface area contributed by atoms with Crippen LogP contribution in [0.1, 0.15) is 323 Å². The van der Waals surface area contributed by atoms with E-state index in [9.17, 15) is 14.4 Å². The van der Waals surface area contributed by atoms with Crippen molar-refractivity contribution in [2.45, 2.75) is 329 Å². The quantitative estimate of drug-likeness (QED) is 0.0261. The van der Waals surface area contributed by atoms with Crippen LogP contribution >= 0.6 is 0 Å². The smallest absolute Gasteiger partial charge is 0.306 e. The molecule has 0 saturated heterocycles. The molecule has 0 saturated carbocycles. The van der Waals surface area contributed by atoms with Gasteiger partial charge in [-0.25, -0.2) is 0 Å². The first-order chi connectivity index (χ1) is 34.5. The second-order valence-electron chi connectivity index (χ2n) is 20.6. The molecule has 0 aliphatic rings. The van der Waals surface area contributed by atoms with E-state index in [-0.39, 0.29) is 31.1 Å². The molecule has 70 heavy (non-hydrogen) atoms. The highest BCUT2D eigenvalue weighted by atomic mass is 16.6. The van der Waals surface area contributed by atoms with Crippen molar-refractivity contribution in [1.29, 1.82) is 0 Å². The summed E-state index contributed by atoms with van der Waals surface area (Å²) in [5.41, 5.74) is 0. The number of unbranched alkanes of at least 4 members (excludes halogenated alkanes) is 37. The van der Waals surface area contributed by atoms with Gasteiger partial charge in [-0.15, -0.1) is 0 Å². The Bertz CT molecular complexity index is 1220. The highest BCUT2D eigenvalue weighted by Gasteiger charge is 2.19. The first-order valence-electron chi connectivity index (χ1n) is 30.6. The summed E-state index contributed by atoms with van der Waals surface area (Å²) in [5, 5.41) is 0. The molecule has 0 aromatic carbocycles. The summed E-state index contributed by atoms with van der Waals surface area (Å²) in [6, 6.07) is 0. The Morgan fingerprint density at radius 3 is 0.900 bits per heavy atom. The van der Waals surface area contributed by atoms with Crippen molar-refractivity contribution in [2.24, 2.45) is 0 Å². The Kier molecular flexibility index (Phi) is 56.7. The van der Waals surface area contributed by atoms with E-state index < -0.39 is 6.10 Å². The van der Waals surface area contributed by atoms with E-state index in [1.165, 1.54) is 193 Å². The van der Waals surface area contributed by atoms with Crippen LogP contribution in [0.2, 0.25) is 0 Å². The zero-order valence-electron chi connectivity index (χ0n) is 46.8. The number of allylic oxidation sites excluding steroid dienone is 8. The maximum Gasteiger partial charge on any atom is 0.306 e. The van der Waals surface area contributed by atoms with E-state index in [1.54, 1.807) is 0 Å². The van der Waals surface area contributed by atoms with Crippen LogP contribution in [-0.2, 0) is 28.6 Å². The monoisotopic (exact) mass is 981 g/mol. The van der Waals surface area contributed by atoms with Gasteiger partial charge in [0.1, 0.15) is 13.2 Å². The second kappa shape index (κ2) is 58.9. The molecule has 0 amide bonds. The lowest BCUT2D eigenvalue weighted by molar-refractivity contribution is -0.167. The predicted octanol–water partition coefficient (Wildman–Crippen LogP) is 20.6. The second-order valence-corrected chi connectivity index (χ2v) is 20.6. The minimum Gasteiger partial charge on any atom is -0.462 e. The molecule has 1 unspecified atom stereocenters. The molecule has 6 heteroatoms. The third kappa shape index (κ3) is 56.3. The molecule has 6 nitrogen and oxygen atoms in total. The summed E-state index contributed by atoms with van der Waals surface area (Å²) < 4.78 is 16.9. The summed E-state index contributed by atoms with van der Waals surface area (Å²) in [6.45, 7) is 6.55. The van der Waals surface area contributed by atoms with Gasteiger partial charge in [0.2, 0.25) is 0 Å². The average molecular weight is 982 g/mol. The summed E-state index contributed by atoms with van der Waals surface area (Å²) in [4.78, 5) is 38.2. The fourth-order valence-corrected chi connectivity index (χ4v) is 8.98.